The van der Waals surface area contributed by atoms with Gasteiger partial charge in [-0.15, -0.1) is 0 Å². The molecule has 1 N–H and O–H groups in total. The van der Waals surface area contributed by atoms with Gasteiger partial charge in [0.2, 0.25) is 0 Å². The molecule has 0 aromatic heterocycles. The van der Waals surface area contributed by atoms with Crippen LogP contribution in [-0.2, 0) is 6.54 Å². The van der Waals surface area contributed by atoms with Crippen molar-refractivity contribution in [3.63, 3.8) is 0 Å². The van der Waals surface area contributed by atoms with E-state index in [9.17, 15) is 13.2 Å². The smallest absolute Gasteiger partial charge is 0.422 e. The van der Waals surface area contributed by atoms with E-state index in [4.69, 9.17) is 4.74 Å². The number of alkyl halides is 3. The summed E-state index contributed by atoms with van der Waals surface area (Å²) in [6, 6.07) is 7.29. The molecule has 0 radical (unpaired) electrons. The van der Waals surface area contributed by atoms with Crippen molar-refractivity contribution >= 4 is 0 Å². The number of rotatable bonds is 4. The Bertz CT molecular complexity index is 437. The van der Waals surface area contributed by atoms with Gasteiger partial charge in [-0.2, -0.15) is 13.2 Å². The number of ether oxygens (including phenoxy) is 1. The number of halogens is 3. The molecule has 0 aliphatic carbocycles. The van der Waals surface area contributed by atoms with Crippen molar-refractivity contribution in [3.8, 4) is 5.75 Å². The van der Waals surface area contributed by atoms with E-state index in [1.807, 2.05) is 6.07 Å². The van der Waals surface area contributed by atoms with Crippen LogP contribution in [0.3, 0.4) is 0 Å². The molecule has 1 aromatic carbocycles. The topological polar surface area (TPSA) is 24.5 Å². The molecule has 1 aromatic rings. The Morgan fingerprint density at radius 1 is 1.40 bits per heavy atom. The first kappa shape index (κ1) is 15.1. The predicted octanol–water partition coefficient (Wildman–Crippen LogP) is 2.42. The second-order valence-corrected chi connectivity index (χ2v) is 5.07. The van der Waals surface area contributed by atoms with E-state index in [0.717, 1.165) is 31.7 Å². The minimum atomic E-state index is -4.30. The van der Waals surface area contributed by atoms with Crippen LogP contribution in [0.1, 0.15) is 12.5 Å². The van der Waals surface area contributed by atoms with Gasteiger partial charge in [-0.25, -0.2) is 0 Å². The Balaban J connectivity index is 1.95. The molecule has 3 nitrogen and oxygen atoms in total. The Kier molecular flexibility index (Phi) is 4.88. The van der Waals surface area contributed by atoms with Crippen molar-refractivity contribution in [1.82, 2.24) is 10.2 Å². The molecule has 6 heteroatoms. The highest BCUT2D eigenvalue weighted by molar-refractivity contribution is 5.28. The van der Waals surface area contributed by atoms with Crippen molar-refractivity contribution < 1.29 is 17.9 Å². The third kappa shape index (κ3) is 4.68. The van der Waals surface area contributed by atoms with E-state index in [2.05, 4.69) is 17.1 Å². The van der Waals surface area contributed by atoms with E-state index >= 15 is 0 Å². The summed E-state index contributed by atoms with van der Waals surface area (Å²) in [6.07, 6.45) is -4.30. The van der Waals surface area contributed by atoms with Gasteiger partial charge in [-0.05, 0) is 24.6 Å². The van der Waals surface area contributed by atoms with Crippen LogP contribution in [0.15, 0.2) is 24.3 Å². The Morgan fingerprint density at radius 2 is 2.20 bits per heavy atom. The van der Waals surface area contributed by atoms with Crippen LogP contribution in [0.4, 0.5) is 13.2 Å². The highest BCUT2D eigenvalue weighted by atomic mass is 19.4. The lowest BCUT2D eigenvalue weighted by Crippen LogP contribution is -2.49. The van der Waals surface area contributed by atoms with Crippen LogP contribution in [0, 0.1) is 0 Å². The minimum absolute atomic E-state index is 0.266. The summed E-state index contributed by atoms with van der Waals surface area (Å²) in [4.78, 5) is 2.30. The predicted molar refractivity (Wildman–Crippen MR) is 70.7 cm³/mol. The zero-order valence-corrected chi connectivity index (χ0v) is 11.4. The van der Waals surface area contributed by atoms with Gasteiger partial charge in [-0.3, -0.25) is 4.90 Å². The lowest BCUT2D eigenvalue weighted by Gasteiger charge is -2.33. The lowest BCUT2D eigenvalue weighted by molar-refractivity contribution is -0.153. The van der Waals surface area contributed by atoms with Gasteiger partial charge >= 0.3 is 6.18 Å². The molecule has 1 aliphatic heterocycles. The lowest BCUT2D eigenvalue weighted by atomic mass is 10.1. The van der Waals surface area contributed by atoms with Gasteiger partial charge in [0.1, 0.15) is 5.75 Å². The fourth-order valence-electron chi connectivity index (χ4n) is 2.25. The Hall–Kier alpha value is -1.27. The zero-order valence-electron chi connectivity index (χ0n) is 11.4. The third-order valence-electron chi connectivity index (χ3n) is 3.33. The van der Waals surface area contributed by atoms with Crippen LogP contribution in [0.5, 0.6) is 5.75 Å². The summed E-state index contributed by atoms with van der Waals surface area (Å²) in [5.74, 6) is 0.266. The number of benzene rings is 1. The van der Waals surface area contributed by atoms with Crippen molar-refractivity contribution in [1.29, 1.82) is 0 Å². The quantitative estimate of drug-likeness (QED) is 0.921. The number of nitrogens with zero attached hydrogens (tertiary/aromatic N) is 1. The summed E-state index contributed by atoms with van der Waals surface area (Å²) >= 11 is 0. The molecule has 20 heavy (non-hydrogen) atoms. The molecule has 1 fully saturated rings. The van der Waals surface area contributed by atoms with Crippen LogP contribution >= 0.6 is 0 Å². The third-order valence-corrected chi connectivity index (χ3v) is 3.33. The molecule has 0 saturated carbocycles. The number of piperazine rings is 1. The highest BCUT2D eigenvalue weighted by Gasteiger charge is 2.28. The largest absolute Gasteiger partial charge is 0.484 e. The van der Waals surface area contributed by atoms with Crippen molar-refractivity contribution in [2.75, 3.05) is 26.2 Å². The van der Waals surface area contributed by atoms with Gasteiger partial charge < -0.3 is 10.1 Å². The standard InChI is InChI=1S/C14H19F3N2O/c1-11-8-18-5-6-19(11)9-12-3-2-4-13(7-12)20-10-14(15,16)17/h2-4,7,11,18H,5-6,8-10H2,1H3/t11-/m1/s1. The second kappa shape index (κ2) is 6.45. The van der Waals surface area contributed by atoms with Crippen LogP contribution in [-0.4, -0.2) is 43.4 Å². The molecule has 1 atom stereocenters. The molecule has 2 rings (SSSR count). The summed E-state index contributed by atoms with van der Waals surface area (Å²) in [5.41, 5.74) is 0.971. The highest BCUT2D eigenvalue weighted by Crippen LogP contribution is 2.20. The van der Waals surface area contributed by atoms with E-state index < -0.39 is 12.8 Å². The summed E-state index contributed by atoms with van der Waals surface area (Å²) in [5, 5.41) is 3.31. The van der Waals surface area contributed by atoms with Crippen molar-refractivity contribution in [3.05, 3.63) is 29.8 Å². The molecule has 0 bridgehead atoms. The van der Waals surface area contributed by atoms with Gasteiger partial charge in [0.05, 0.1) is 0 Å². The summed E-state index contributed by atoms with van der Waals surface area (Å²) in [6.45, 7) is 4.43. The molecular weight excluding hydrogens is 269 g/mol. The normalized spacial score (nSPS) is 20.9. The zero-order chi connectivity index (χ0) is 14.6. The van der Waals surface area contributed by atoms with E-state index in [0.29, 0.717) is 6.04 Å². The fourth-order valence-corrected chi connectivity index (χ4v) is 2.25. The number of hydrogen-bond donors (Lipinski definition) is 1. The first-order chi connectivity index (χ1) is 9.44. The van der Waals surface area contributed by atoms with Gasteiger partial charge in [0, 0.05) is 32.2 Å². The van der Waals surface area contributed by atoms with E-state index in [-0.39, 0.29) is 5.75 Å². The Labute approximate surface area is 116 Å². The minimum Gasteiger partial charge on any atom is -0.484 e. The van der Waals surface area contributed by atoms with Gasteiger partial charge in [-0.1, -0.05) is 12.1 Å². The van der Waals surface area contributed by atoms with Gasteiger partial charge in [0.15, 0.2) is 6.61 Å². The fraction of sp³-hybridized carbons (Fsp3) is 0.571. The SMILES string of the molecule is C[C@@H]1CNCCN1Cc1cccc(OCC(F)(F)F)c1. The van der Waals surface area contributed by atoms with Crippen LogP contribution in [0.25, 0.3) is 0 Å². The molecule has 0 amide bonds. The molecule has 1 aliphatic rings. The summed E-state index contributed by atoms with van der Waals surface area (Å²) < 4.78 is 41.1. The Morgan fingerprint density at radius 3 is 2.90 bits per heavy atom. The van der Waals surface area contributed by atoms with Crippen molar-refractivity contribution in [2.45, 2.75) is 25.7 Å². The maximum atomic E-state index is 12.1. The van der Waals surface area contributed by atoms with E-state index in [1.165, 1.54) is 0 Å². The molecular formula is C14H19F3N2O. The van der Waals surface area contributed by atoms with Crippen LogP contribution in [0.2, 0.25) is 0 Å². The molecule has 1 saturated heterocycles. The van der Waals surface area contributed by atoms with E-state index in [1.54, 1.807) is 18.2 Å². The summed E-state index contributed by atoms with van der Waals surface area (Å²) in [7, 11) is 0. The average Bonchev–Trinajstić information content (AvgIpc) is 2.39. The first-order valence-electron chi connectivity index (χ1n) is 6.67. The second-order valence-electron chi connectivity index (χ2n) is 5.07. The van der Waals surface area contributed by atoms with Gasteiger partial charge in [0.25, 0.3) is 0 Å². The van der Waals surface area contributed by atoms with Crippen LogP contribution < -0.4 is 10.1 Å². The number of hydrogen-bond acceptors (Lipinski definition) is 3. The van der Waals surface area contributed by atoms with Crippen molar-refractivity contribution in [2.24, 2.45) is 0 Å². The first-order valence-corrected chi connectivity index (χ1v) is 6.67. The molecule has 1 heterocycles. The molecule has 0 unspecified atom stereocenters. The molecule has 112 valence electrons. The maximum Gasteiger partial charge on any atom is 0.422 e. The number of nitrogens with one attached hydrogen (secondary N) is 1. The molecule has 0 spiro atoms. The average molecular weight is 288 g/mol. The monoisotopic (exact) mass is 288 g/mol. The maximum absolute atomic E-state index is 12.1.